The molecule has 0 bridgehead atoms. The normalized spacial score (nSPS) is 17.0. The Morgan fingerprint density at radius 2 is 1.76 bits per heavy atom. The highest BCUT2D eigenvalue weighted by Crippen LogP contribution is 2.29. The summed E-state index contributed by atoms with van der Waals surface area (Å²) in [5.41, 5.74) is 4.78. The van der Waals surface area contributed by atoms with Crippen molar-refractivity contribution in [1.29, 1.82) is 0 Å². The van der Waals surface area contributed by atoms with E-state index in [9.17, 15) is 4.39 Å². The van der Waals surface area contributed by atoms with Gasteiger partial charge in [-0.25, -0.2) is 14.1 Å². The van der Waals surface area contributed by atoms with Crippen molar-refractivity contribution in [2.75, 3.05) is 31.1 Å². The molecule has 150 valence electrons. The summed E-state index contributed by atoms with van der Waals surface area (Å²) in [6.07, 6.45) is 4.99. The van der Waals surface area contributed by atoms with Crippen molar-refractivity contribution in [2.45, 2.75) is 25.8 Å². The molecule has 2 aliphatic rings. The van der Waals surface area contributed by atoms with Gasteiger partial charge in [-0.05, 0) is 61.2 Å². The molecule has 1 aliphatic heterocycles. The molecule has 0 N–H and O–H groups in total. The van der Waals surface area contributed by atoms with Crippen LogP contribution in [-0.2, 0) is 19.4 Å². The zero-order chi connectivity index (χ0) is 19.8. The molecule has 1 saturated heterocycles. The van der Waals surface area contributed by atoms with Crippen LogP contribution in [0.15, 0.2) is 42.6 Å². The van der Waals surface area contributed by atoms with Crippen LogP contribution in [0.2, 0.25) is 5.02 Å². The number of hydrogen-bond acceptors (Lipinski definition) is 4. The van der Waals surface area contributed by atoms with E-state index in [1.807, 2.05) is 28.9 Å². The second-order valence-electron chi connectivity index (χ2n) is 7.71. The second kappa shape index (κ2) is 7.76. The van der Waals surface area contributed by atoms with E-state index >= 15 is 0 Å². The van der Waals surface area contributed by atoms with Gasteiger partial charge in [0.15, 0.2) is 0 Å². The number of benzene rings is 1. The Kier molecular flexibility index (Phi) is 4.97. The lowest BCUT2D eigenvalue weighted by molar-refractivity contribution is 0.245. The largest absolute Gasteiger partial charge is 0.354 e. The summed E-state index contributed by atoms with van der Waals surface area (Å²) < 4.78 is 15.3. The van der Waals surface area contributed by atoms with E-state index in [4.69, 9.17) is 16.7 Å². The van der Waals surface area contributed by atoms with Gasteiger partial charge in [-0.3, -0.25) is 4.90 Å². The molecule has 0 unspecified atom stereocenters. The zero-order valence-corrected chi connectivity index (χ0v) is 16.9. The molecule has 1 aliphatic carbocycles. The van der Waals surface area contributed by atoms with Gasteiger partial charge in [0.05, 0.1) is 16.4 Å². The molecule has 0 atom stereocenters. The van der Waals surface area contributed by atoms with Gasteiger partial charge in [0.1, 0.15) is 11.6 Å². The number of halogens is 2. The number of rotatable bonds is 4. The minimum atomic E-state index is -0.217. The third-order valence-corrected chi connectivity index (χ3v) is 6.09. The van der Waals surface area contributed by atoms with Crippen LogP contribution in [0.5, 0.6) is 0 Å². The third kappa shape index (κ3) is 3.74. The summed E-state index contributed by atoms with van der Waals surface area (Å²) in [6.45, 7) is 4.69. The van der Waals surface area contributed by atoms with E-state index in [0.29, 0.717) is 5.02 Å². The number of piperazine rings is 1. The first-order valence-electron chi connectivity index (χ1n) is 10.1. The third-order valence-electron chi connectivity index (χ3n) is 5.87. The van der Waals surface area contributed by atoms with Crippen molar-refractivity contribution < 1.29 is 4.39 Å². The van der Waals surface area contributed by atoms with Gasteiger partial charge < -0.3 is 4.90 Å². The van der Waals surface area contributed by atoms with Crippen LogP contribution in [0.3, 0.4) is 0 Å². The number of pyridine rings is 1. The van der Waals surface area contributed by atoms with Gasteiger partial charge in [-0.15, -0.1) is 0 Å². The van der Waals surface area contributed by atoms with E-state index in [2.05, 4.69) is 14.8 Å². The minimum Gasteiger partial charge on any atom is -0.354 e. The van der Waals surface area contributed by atoms with Crippen LogP contribution in [0.25, 0.3) is 5.69 Å². The molecule has 5 rings (SSSR count). The van der Waals surface area contributed by atoms with Crippen LogP contribution in [-0.4, -0.2) is 45.8 Å². The molecule has 0 radical (unpaired) electrons. The smallest absolute Gasteiger partial charge is 0.128 e. The summed E-state index contributed by atoms with van der Waals surface area (Å²) >= 11 is 5.95. The number of nitrogens with zero attached hydrogens (tertiary/aromatic N) is 5. The summed E-state index contributed by atoms with van der Waals surface area (Å²) in [7, 11) is 0. The van der Waals surface area contributed by atoms with Gasteiger partial charge in [0.2, 0.25) is 0 Å². The average molecular weight is 412 g/mol. The van der Waals surface area contributed by atoms with Gasteiger partial charge in [-0.2, -0.15) is 5.10 Å². The fraction of sp³-hybridized carbons (Fsp3) is 0.364. The molecule has 0 saturated carbocycles. The summed E-state index contributed by atoms with van der Waals surface area (Å²) in [4.78, 5) is 9.20. The lowest BCUT2D eigenvalue weighted by atomic mass is 10.2. The summed E-state index contributed by atoms with van der Waals surface area (Å²) in [5.74, 6) is 0.765. The Morgan fingerprint density at radius 1 is 0.966 bits per heavy atom. The highest BCUT2D eigenvalue weighted by molar-refractivity contribution is 6.30. The maximum atomic E-state index is 13.3. The Bertz CT molecular complexity index is 991. The molecule has 29 heavy (non-hydrogen) atoms. The monoisotopic (exact) mass is 411 g/mol. The van der Waals surface area contributed by atoms with Gasteiger partial charge in [0, 0.05) is 44.6 Å². The van der Waals surface area contributed by atoms with Crippen molar-refractivity contribution in [3.05, 3.63) is 70.4 Å². The first-order valence-corrected chi connectivity index (χ1v) is 10.5. The van der Waals surface area contributed by atoms with Crippen molar-refractivity contribution in [2.24, 2.45) is 0 Å². The van der Waals surface area contributed by atoms with Gasteiger partial charge in [-0.1, -0.05) is 11.6 Å². The number of anilines is 1. The van der Waals surface area contributed by atoms with E-state index < -0.39 is 0 Å². The van der Waals surface area contributed by atoms with Crippen LogP contribution < -0.4 is 4.90 Å². The molecular weight excluding hydrogens is 389 g/mol. The van der Waals surface area contributed by atoms with Crippen molar-refractivity contribution in [1.82, 2.24) is 19.7 Å². The number of aromatic nitrogens is 3. The average Bonchev–Trinajstić information content (AvgIpc) is 3.34. The SMILES string of the molecule is Fc1ccc(-n2nc(CN3CCN(c4ccc(Cl)cn4)CC3)c3c2CCC3)cc1. The van der Waals surface area contributed by atoms with Crippen LogP contribution >= 0.6 is 11.6 Å². The predicted molar refractivity (Wildman–Crippen MR) is 112 cm³/mol. The van der Waals surface area contributed by atoms with Crippen molar-refractivity contribution in [3.63, 3.8) is 0 Å². The van der Waals surface area contributed by atoms with Crippen molar-refractivity contribution in [3.8, 4) is 5.69 Å². The van der Waals surface area contributed by atoms with Crippen LogP contribution in [0.1, 0.15) is 23.4 Å². The first-order chi connectivity index (χ1) is 14.2. The molecule has 3 heterocycles. The molecular formula is C22H23ClFN5. The molecule has 5 nitrogen and oxygen atoms in total. The van der Waals surface area contributed by atoms with Crippen molar-refractivity contribution >= 4 is 17.4 Å². The lowest BCUT2D eigenvalue weighted by Crippen LogP contribution is -2.46. The van der Waals surface area contributed by atoms with E-state index in [-0.39, 0.29) is 5.82 Å². The maximum absolute atomic E-state index is 13.3. The highest BCUT2D eigenvalue weighted by atomic mass is 35.5. The molecule has 3 aromatic rings. The molecule has 1 fully saturated rings. The highest BCUT2D eigenvalue weighted by Gasteiger charge is 2.26. The number of hydrogen-bond donors (Lipinski definition) is 0. The maximum Gasteiger partial charge on any atom is 0.128 e. The standard InChI is InChI=1S/C22H23ClFN5/c23-16-4-9-22(25-14-16)28-12-10-27(11-13-28)15-20-19-2-1-3-21(19)29(26-20)18-7-5-17(24)6-8-18/h4-9,14H,1-3,10-13,15H2. The van der Waals surface area contributed by atoms with E-state index in [1.54, 1.807) is 6.20 Å². The quantitative estimate of drug-likeness (QED) is 0.653. The van der Waals surface area contributed by atoms with Crippen LogP contribution in [0, 0.1) is 5.82 Å². The number of fused-ring (bicyclic) bond motifs is 1. The summed E-state index contributed by atoms with van der Waals surface area (Å²) in [6, 6.07) is 10.5. The molecule has 1 aromatic carbocycles. The zero-order valence-electron chi connectivity index (χ0n) is 16.2. The Balaban J connectivity index is 1.30. The first kappa shape index (κ1) is 18.6. The van der Waals surface area contributed by atoms with Crippen LogP contribution in [0.4, 0.5) is 10.2 Å². The Hall–Kier alpha value is -2.44. The fourth-order valence-corrected chi connectivity index (χ4v) is 4.45. The van der Waals surface area contributed by atoms with E-state index in [1.165, 1.54) is 29.1 Å². The molecule has 0 amide bonds. The minimum absolute atomic E-state index is 0.217. The van der Waals surface area contributed by atoms with E-state index in [0.717, 1.165) is 63.5 Å². The second-order valence-corrected chi connectivity index (χ2v) is 8.15. The lowest BCUT2D eigenvalue weighted by Gasteiger charge is -2.35. The molecule has 0 spiro atoms. The topological polar surface area (TPSA) is 37.2 Å². The van der Waals surface area contributed by atoms with Gasteiger partial charge in [0.25, 0.3) is 0 Å². The molecule has 2 aromatic heterocycles. The Labute approximate surface area is 174 Å². The van der Waals surface area contributed by atoms with Gasteiger partial charge >= 0.3 is 0 Å². The predicted octanol–water partition coefficient (Wildman–Crippen LogP) is 3.87. The fourth-order valence-electron chi connectivity index (χ4n) is 4.34. The summed E-state index contributed by atoms with van der Waals surface area (Å²) in [5, 5.41) is 5.59. The Morgan fingerprint density at radius 3 is 2.48 bits per heavy atom. The molecule has 7 heteroatoms.